The number of carboxylic acid groups (broad SMARTS) is 1. The van der Waals surface area contributed by atoms with E-state index in [9.17, 15) is 55.2 Å². The number of aliphatic carboxylic acids is 1. The van der Waals surface area contributed by atoms with Crippen molar-refractivity contribution in [2.45, 2.75) is 99.3 Å². The fraction of sp³-hybridized carbons (Fsp3) is 0.773. The lowest BCUT2D eigenvalue weighted by atomic mass is 9.76. The Morgan fingerprint density at radius 2 is 1.59 bits per heavy atom. The van der Waals surface area contributed by atoms with E-state index in [2.05, 4.69) is 17.2 Å². The molecule has 0 aromatic carbocycles. The number of nitrogens with one attached hydrogen (secondary N) is 2. The number of aliphatic hydroxyl groups is 7. The molecule has 2 aliphatic heterocycles. The Labute approximate surface area is 212 Å². The van der Waals surface area contributed by atoms with Crippen LogP contribution in [-0.4, -0.2) is 138 Å². The van der Waals surface area contributed by atoms with Crippen LogP contribution in [0.15, 0.2) is 12.7 Å². The predicted octanol–water partition coefficient (Wildman–Crippen LogP) is -4.89. The lowest BCUT2D eigenvalue weighted by Gasteiger charge is -2.52. The fourth-order valence-electron chi connectivity index (χ4n) is 4.80. The molecule has 2 rings (SSSR count). The standard InChI is InChI=1S/C22H36N2O13/c1-4-5-12-14(24-9(3)27)16(31)17(32)19(36-12)20(33)22(21(34)35)6-10(28)13(23-8(2)26)18(37-22)15(30)11(29)7-25/h4,10-20,25,28-33H,1,5-7H2,2-3H3,(H,23,26)(H,24,27)(H,34,35)/t10-,11+,12+,13+,14-,15+,16+,17+,18+,19-,20-,22-/m0/s1. The topological polar surface area (TPSA) is 256 Å². The second-order valence-corrected chi connectivity index (χ2v) is 9.33. The summed E-state index contributed by atoms with van der Waals surface area (Å²) in [7, 11) is 0. The Kier molecular flexibility index (Phi) is 10.5. The number of hydrogen-bond acceptors (Lipinski definition) is 12. The van der Waals surface area contributed by atoms with Gasteiger partial charge in [0.2, 0.25) is 11.8 Å². The van der Waals surface area contributed by atoms with Crippen LogP contribution in [0, 0.1) is 0 Å². The molecule has 0 aromatic heterocycles. The summed E-state index contributed by atoms with van der Waals surface area (Å²) in [6, 6.07) is -2.61. The van der Waals surface area contributed by atoms with E-state index >= 15 is 0 Å². The average molecular weight is 537 g/mol. The molecule has 2 fully saturated rings. The maximum absolute atomic E-state index is 12.5. The molecular weight excluding hydrogens is 500 g/mol. The highest BCUT2D eigenvalue weighted by Crippen LogP contribution is 2.39. The third-order valence-electron chi connectivity index (χ3n) is 6.62. The molecule has 2 saturated heterocycles. The van der Waals surface area contributed by atoms with Crippen LogP contribution in [0.4, 0.5) is 0 Å². The molecule has 0 bridgehead atoms. The lowest BCUT2D eigenvalue weighted by Crippen LogP contribution is -2.74. The van der Waals surface area contributed by atoms with Crippen LogP contribution in [0.2, 0.25) is 0 Å². The van der Waals surface area contributed by atoms with Crippen LogP contribution in [0.5, 0.6) is 0 Å². The number of rotatable bonds is 10. The van der Waals surface area contributed by atoms with Gasteiger partial charge in [-0.2, -0.15) is 0 Å². The van der Waals surface area contributed by atoms with Crippen molar-refractivity contribution in [1.82, 2.24) is 10.6 Å². The fourth-order valence-corrected chi connectivity index (χ4v) is 4.80. The highest BCUT2D eigenvalue weighted by atomic mass is 16.6. The lowest BCUT2D eigenvalue weighted by molar-refractivity contribution is -0.285. The Morgan fingerprint density at radius 3 is 2.08 bits per heavy atom. The number of amides is 2. The van der Waals surface area contributed by atoms with E-state index in [4.69, 9.17) is 9.47 Å². The largest absolute Gasteiger partial charge is 0.479 e. The highest BCUT2D eigenvalue weighted by Gasteiger charge is 2.62. The van der Waals surface area contributed by atoms with Gasteiger partial charge in [-0.25, -0.2) is 4.79 Å². The first-order valence-corrected chi connectivity index (χ1v) is 11.6. The van der Waals surface area contributed by atoms with Gasteiger partial charge in [-0.1, -0.05) is 6.08 Å². The van der Waals surface area contributed by atoms with Gasteiger partial charge < -0.3 is 61.0 Å². The first-order valence-electron chi connectivity index (χ1n) is 11.6. The van der Waals surface area contributed by atoms with Crippen molar-refractivity contribution in [3.63, 3.8) is 0 Å². The quantitative estimate of drug-likeness (QED) is 0.118. The van der Waals surface area contributed by atoms with Crippen LogP contribution in [-0.2, 0) is 23.9 Å². The van der Waals surface area contributed by atoms with E-state index in [0.29, 0.717) is 0 Å². The summed E-state index contributed by atoms with van der Waals surface area (Å²) < 4.78 is 11.3. The van der Waals surface area contributed by atoms with E-state index in [-0.39, 0.29) is 6.42 Å². The smallest absolute Gasteiger partial charge is 0.338 e. The molecule has 0 radical (unpaired) electrons. The summed E-state index contributed by atoms with van der Waals surface area (Å²) in [4.78, 5) is 35.8. The summed E-state index contributed by atoms with van der Waals surface area (Å²) in [6.07, 6.45) is -15.9. The molecule has 2 amide bonds. The molecule has 212 valence electrons. The third-order valence-corrected chi connectivity index (χ3v) is 6.62. The number of carboxylic acids is 1. The van der Waals surface area contributed by atoms with Crippen molar-refractivity contribution in [3.05, 3.63) is 12.7 Å². The number of ether oxygens (including phenoxy) is 2. The van der Waals surface area contributed by atoms with Gasteiger partial charge in [-0.15, -0.1) is 6.58 Å². The first kappa shape index (κ1) is 31.0. The zero-order valence-electron chi connectivity index (χ0n) is 20.4. The van der Waals surface area contributed by atoms with Gasteiger partial charge in [-0.05, 0) is 6.42 Å². The maximum atomic E-state index is 12.5. The normalized spacial score (nSPS) is 38.6. The van der Waals surface area contributed by atoms with Crippen molar-refractivity contribution in [3.8, 4) is 0 Å². The highest BCUT2D eigenvalue weighted by molar-refractivity contribution is 5.79. The van der Waals surface area contributed by atoms with Crippen LogP contribution in [0.25, 0.3) is 0 Å². The summed E-state index contributed by atoms with van der Waals surface area (Å²) in [5, 5.41) is 88.0. The van der Waals surface area contributed by atoms with Crippen molar-refractivity contribution < 1.29 is 64.7 Å². The van der Waals surface area contributed by atoms with Crippen molar-refractivity contribution in [2.75, 3.05) is 6.61 Å². The molecule has 0 aliphatic carbocycles. The molecular formula is C22H36N2O13. The molecule has 15 heteroatoms. The van der Waals surface area contributed by atoms with Crippen molar-refractivity contribution in [1.29, 1.82) is 0 Å². The van der Waals surface area contributed by atoms with E-state index in [1.165, 1.54) is 13.0 Å². The molecule has 2 aliphatic rings. The van der Waals surface area contributed by atoms with E-state index in [1.807, 2.05) is 0 Å². The molecule has 10 N–H and O–H groups in total. The van der Waals surface area contributed by atoms with E-state index in [1.54, 1.807) is 0 Å². The SMILES string of the molecule is C=CC[C@H]1O[C@H]([C@H](O)[C@]2(C(=O)O)C[C@H](O)[C@@H](NC(C)=O)[C@H]([C@H](O)[C@H](O)CO)O2)[C@H](O)[C@H](O)[C@H]1NC(C)=O. The average Bonchev–Trinajstić information content (AvgIpc) is 2.82. The second-order valence-electron chi connectivity index (χ2n) is 9.33. The van der Waals surface area contributed by atoms with E-state index in [0.717, 1.165) is 6.92 Å². The number of aliphatic hydroxyl groups excluding tert-OH is 7. The van der Waals surface area contributed by atoms with Crippen molar-refractivity contribution >= 4 is 17.8 Å². The van der Waals surface area contributed by atoms with Gasteiger partial charge in [0, 0.05) is 20.3 Å². The molecule has 15 nitrogen and oxygen atoms in total. The zero-order valence-corrected chi connectivity index (χ0v) is 20.4. The van der Waals surface area contributed by atoms with Gasteiger partial charge in [0.25, 0.3) is 0 Å². The maximum Gasteiger partial charge on any atom is 0.338 e. The van der Waals surface area contributed by atoms with Crippen LogP contribution in [0.1, 0.15) is 26.7 Å². The zero-order chi connectivity index (χ0) is 28.2. The molecule has 0 saturated carbocycles. The van der Waals surface area contributed by atoms with Crippen molar-refractivity contribution in [2.24, 2.45) is 0 Å². The Bertz CT molecular complexity index is 843. The Hall–Kier alpha value is -2.21. The minimum atomic E-state index is -2.79. The van der Waals surface area contributed by atoms with Gasteiger partial charge in [-0.3, -0.25) is 9.59 Å². The van der Waals surface area contributed by atoms with Crippen LogP contribution < -0.4 is 10.6 Å². The molecule has 2 heterocycles. The molecule has 0 aromatic rings. The van der Waals surface area contributed by atoms with Gasteiger partial charge in [0.1, 0.15) is 42.7 Å². The predicted molar refractivity (Wildman–Crippen MR) is 122 cm³/mol. The summed E-state index contributed by atoms with van der Waals surface area (Å²) in [5.74, 6) is -3.11. The molecule has 0 unspecified atom stereocenters. The Balaban J connectivity index is 2.50. The molecule has 0 spiro atoms. The van der Waals surface area contributed by atoms with Gasteiger partial charge in [0.05, 0.1) is 30.9 Å². The Morgan fingerprint density at radius 1 is 1.03 bits per heavy atom. The summed E-state index contributed by atoms with van der Waals surface area (Å²) >= 11 is 0. The van der Waals surface area contributed by atoms with Gasteiger partial charge in [0.15, 0.2) is 5.60 Å². The summed E-state index contributed by atoms with van der Waals surface area (Å²) in [5.41, 5.74) is -2.79. The number of carbonyl (C=O) groups excluding carboxylic acids is 2. The van der Waals surface area contributed by atoms with E-state index < -0.39 is 103 Å². The van der Waals surface area contributed by atoms with Crippen LogP contribution in [0.3, 0.4) is 0 Å². The summed E-state index contributed by atoms with van der Waals surface area (Å²) in [6.45, 7) is 4.80. The monoisotopic (exact) mass is 536 g/mol. The minimum absolute atomic E-state index is 0.0101. The van der Waals surface area contributed by atoms with Gasteiger partial charge >= 0.3 is 5.97 Å². The third kappa shape index (κ3) is 6.45. The number of carbonyl (C=O) groups is 3. The molecule has 37 heavy (non-hydrogen) atoms. The second kappa shape index (κ2) is 12.6. The number of hydrogen-bond donors (Lipinski definition) is 10. The minimum Gasteiger partial charge on any atom is -0.479 e. The first-order chi connectivity index (χ1) is 17.2. The molecule has 12 atom stereocenters. The van der Waals surface area contributed by atoms with Crippen LogP contribution >= 0.6 is 0 Å².